The second-order valence-electron chi connectivity index (χ2n) is 5.35. The number of nitrogen functional groups attached to an aromatic ring is 2. The van der Waals surface area contributed by atoms with Gasteiger partial charge < -0.3 is 16.2 Å². The van der Waals surface area contributed by atoms with Gasteiger partial charge in [-0.1, -0.05) is 0 Å². The van der Waals surface area contributed by atoms with Crippen LogP contribution in [0.5, 0.6) is 0 Å². The van der Waals surface area contributed by atoms with E-state index in [-0.39, 0.29) is 0 Å². The summed E-state index contributed by atoms with van der Waals surface area (Å²) >= 11 is 0. The Morgan fingerprint density at radius 2 is 2.19 bits per heavy atom. The van der Waals surface area contributed by atoms with Crippen LogP contribution >= 0.6 is 0 Å². The number of hydrogen-bond donors (Lipinski definition) is 2. The summed E-state index contributed by atoms with van der Waals surface area (Å²) in [5, 5.41) is 11.9. The van der Waals surface area contributed by atoms with Crippen molar-refractivity contribution < 1.29 is 4.74 Å². The molecule has 0 saturated carbocycles. The van der Waals surface area contributed by atoms with Crippen molar-refractivity contribution in [3.8, 4) is 11.4 Å². The lowest BCUT2D eigenvalue weighted by Crippen LogP contribution is -2.21. The number of nitrogens with two attached hydrogens (primary N) is 2. The first kappa shape index (κ1) is 13.8. The SMILES string of the molecule is Nc1ccc(-c2nnnn2CCC2CCCCO2)c(N)c1. The van der Waals surface area contributed by atoms with E-state index in [0.29, 0.717) is 23.3 Å². The summed E-state index contributed by atoms with van der Waals surface area (Å²) in [6.45, 7) is 1.58. The van der Waals surface area contributed by atoms with Crippen LogP contribution in [0.25, 0.3) is 11.4 Å². The molecule has 0 amide bonds. The van der Waals surface area contributed by atoms with Crippen molar-refractivity contribution in [3.63, 3.8) is 0 Å². The van der Waals surface area contributed by atoms with Crippen LogP contribution in [-0.2, 0) is 11.3 Å². The Balaban J connectivity index is 1.74. The summed E-state index contributed by atoms with van der Waals surface area (Å²) in [5.74, 6) is 0.670. The molecular weight excluding hydrogens is 268 g/mol. The number of benzene rings is 1. The van der Waals surface area contributed by atoms with Crippen LogP contribution in [-0.4, -0.2) is 32.9 Å². The molecule has 21 heavy (non-hydrogen) atoms. The summed E-state index contributed by atoms with van der Waals surface area (Å²) in [5.41, 5.74) is 13.7. The highest BCUT2D eigenvalue weighted by Crippen LogP contribution is 2.26. The lowest BCUT2D eigenvalue weighted by atomic mass is 10.1. The highest BCUT2D eigenvalue weighted by Gasteiger charge is 2.16. The van der Waals surface area contributed by atoms with Gasteiger partial charge in [0, 0.05) is 30.1 Å². The minimum Gasteiger partial charge on any atom is -0.399 e. The first-order valence-corrected chi connectivity index (χ1v) is 7.27. The fourth-order valence-corrected chi connectivity index (χ4v) is 2.63. The van der Waals surface area contributed by atoms with Gasteiger partial charge in [-0.15, -0.1) is 5.10 Å². The van der Waals surface area contributed by atoms with Crippen molar-refractivity contribution in [2.75, 3.05) is 18.1 Å². The highest BCUT2D eigenvalue weighted by molar-refractivity contribution is 5.74. The molecule has 2 heterocycles. The Morgan fingerprint density at radius 1 is 1.29 bits per heavy atom. The van der Waals surface area contributed by atoms with Gasteiger partial charge in [0.15, 0.2) is 5.82 Å². The maximum Gasteiger partial charge on any atom is 0.184 e. The molecule has 0 bridgehead atoms. The van der Waals surface area contributed by atoms with Gasteiger partial charge in [0.25, 0.3) is 0 Å². The lowest BCUT2D eigenvalue weighted by molar-refractivity contribution is 0.00828. The Kier molecular flexibility index (Phi) is 4.01. The van der Waals surface area contributed by atoms with Gasteiger partial charge in [0.05, 0.1) is 6.10 Å². The fraction of sp³-hybridized carbons (Fsp3) is 0.500. The summed E-state index contributed by atoms with van der Waals surface area (Å²) in [6, 6.07) is 5.37. The van der Waals surface area contributed by atoms with Gasteiger partial charge in [-0.25, -0.2) is 4.68 Å². The molecule has 1 aliphatic rings. The van der Waals surface area contributed by atoms with Crippen molar-refractivity contribution in [2.45, 2.75) is 38.3 Å². The summed E-state index contributed by atoms with van der Waals surface area (Å²) < 4.78 is 7.52. The largest absolute Gasteiger partial charge is 0.399 e. The molecule has 2 aromatic rings. The molecule has 1 aromatic carbocycles. The Morgan fingerprint density at radius 3 is 2.95 bits per heavy atom. The van der Waals surface area contributed by atoms with Gasteiger partial charge in [-0.2, -0.15) is 0 Å². The van der Waals surface area contributed by atoms with Crippen molar-refractivity contribution >= 4 is 11.4 Å². The highest BCUT2D eigenvalue weighted by atomic mass is 16.5. The third-order valence-corrected chi connectivity index (χ3v) is 3.79. The van der Waals surface area contributed by atoms with Crippen LogP contribution in [0, 0.1) is 0 Å². The standard InChI is InChI=1S/C14H20N6O/c15-10-4-5-12(13(16)9-10)14-17-18-19-20(14)7-6-11-3-1-2-8-21-11/h4-5,9,11H,1-3,6-8,15-16H2. The molecular formula is C14H20N6O. The minimum atomic E-state index is 0.305. The second kappa shape index (κ2) is 6.09. The number of nitrogens with zero attached hydrogens (tertiary/aromatic N) is 4. The smallest absolute Gasteiger partial charge is 0.184 e. The minimum absolute atomic E-state index is 0.305. The van der Waals surface area contributed by atoms with E-state index in [1.165, 1.54) is 6.42 Å². The van der Waals surface area contributed by atoms with Crippen molar-refractivity contribution in [1.29, 1.82) is 0 Å². The molecule has 0 radical (unpaired) electrons. The van der Waals surface area contributed by atoms with E-state index in [0.717, 1.165) is 38.0 Å². The number of rotatable bonds is 4. The van der Waals surface area contributed by atoms with Gasteiger partial charge in [0.2, 0.25) is 0 Å². The molecule has 1 fully saturated rings. The molecule has 112 valence electrons. The maximum atomic E-state index is 6.01. The van der Waals surface area contributed by atoms with E-state index in [9.17, 15) is 0 Å². The van der Waals surface area contributed by atoms with Crippen LogP contribution in [0.3, 0.4) is 0 Å². The normalized spacial score (nSPS) is 18.8. The summed E-state index contributed by atoms with van der Waals surface area (Å²) in [6.07, 6.45) is 4.72. The quantitative estimate of drug-likeness (QED) is 0.825. The molecule has 1 unspecified atom stereocenters. The van der Waals surface area contributed by atoms with E-state index in [2.05, 4.69) is 15.5 Å². The number of tetrazole rings is 1. The molecule has 1 saturated heterocycles. The van der Waals surface area contributed by atoms with Crippen LogP contribution in [0.4, 0.5) is 11.4 Å². The number of aromatic nitrogens is 4. The Labute approximate surface area is 123 Å². The average molecular weight is 288 g/mol. The van der Waals surface area contributed by atoms with Crippen molar-refractivity contribution in [1.82, 2.24) is 20.2 Å². The number of hydrogen-bond acceptors (Lipinski definition) is 6. The van der Waals surface area contributed by atoms with Gasteiger partial charge >= 0.3 is 0 Å². The van der Waals surface area contributed by atoms with Crippen molar-refractivity contribution in [3.05, 3.63) is 18.2 Å². The predicted octanol–water partition coefficient (Wildman–Crippen LogP) is 1.46. The molecule has 0 spiro atoms. The van der Waals surface area contributed by atoms with Crippen LogP contribution in [0.2, 0.25) is 0 Å². The number of anilines is 2. The maximum absolute atomic E-state index is 6.01. The van der Waals surface area contributed by atoms with Gasteiger partial charge in [-0.3, -0.25) is 0 Å². The van der Waals surface area contributed by atoms with Gasteiger partial charge in [-0.05, 0) is 54.3 Å². The molecule has 1 aliphatic heterocycles. The Bertz CT molecular complexity index is 605. The number of ether oxygens (including phenoxy) is 1. The molecule has 4 N–H and O–H groups in total. The van der Waals surface area contributed by atoms with Crippen LogP contribution in [0.15, 0.2) is 18.2 Å². The predicted molar refractivity (Wildman–Crippen MR) is 80.3 cm³/mol. The first-order valence-electron chi connectivity index (χ1n) is 7.27. The third-order valence-electron chi connectivity index (χ3n) is 3.79. The monoisotopic (exact) mass is 288 g/mol. The zero-order valence-electron chi connectivity index (χ0n) is 11.9. The zero-order chi connectivity index (χ0) is 14.7. The zero-order valence-corrected chi connectivity index (χ0v) is 11.9. The van der Waals surface area contributed by atoms with Crippen LogP contribution < -0.4 is 11.5 Å². The van der Waals surface area contributed by atoms with Crippen molar-refractivity contribution in [2.24, 2.45) is 0 Å². The fourth-order valence-electron chi connectivity index (χ4n) is 2.63. The molecule has 1 atom stereocenters. The third kappa shape index (κ3) is 3.13. The number of aryl methyl sites for hydroxylation is 1. The van der Waals surface area contributed by atoms with Crippen LogP contribution in [0.1, 0.15) is 25.7 Å². The topological polar surface area (TPSA) is 105 Å². The Hall–Kier alpha value is -2.15. The molecule has 7 nitrogen and oxygen atoms in total. The summed E-state index contributed by atoms with van der Waals surface area (Å²) in [4.78, 5) is 0. The van der Waals surface area contributed by atoms with E-state index < -0.39 is 0 Å². The molecule has 7 heteroatoms. The molecule has 0 aliphatic carbocycles. The van der Waals surface area contributed by atoms with E-state index in [1.807, 2.05) is 6.07 Å². The second-order valence-corrected chi connectivity index (χ2v) is 5.35. The first-order chi connectivity index (χ1) is 10.2. The summed E-state index contributed by atoms with van der Waals surface area (Å²) in [7, 11) is 0. The van der Waals surface area contributed by atoms with E-state index in [4.69, 9.17) is 16.2 Å². The average Bonchev–Trinajstić information content (AvgIpc) is 2.94. The van der Waals surface area contributed by atoms with E-state index in [1.54, 1.807) is 16.8 Å². The lowest BCUT2D eigenvalue weighted by Gasteiger charge is -2.22. The van der Waals surface area contributed by atoms with Gasteiger partial charge in [0.1, 0.15) is 0 Å². The molecule has 1 aromatic heterocycles. The van der Waals surface area contributed by atoms with E-state index >= 15 is 0 Å². The molecule has 3 rings (SSSR count).